The first-order valence-electron chi connectivity index (χ1n) is 6.01. The molecule has 0 aromatic heterocycles. The molecule has 1 rings (SSSR count). The molecule has 0 fully saturated rings. The lowest BCUT2D eigenvalue weighted by atomic mass is 10.0. The Hall–Kier alpha value is -0.900. The molecule has 3 nitrogen and oxygen atoms in total. The Balaban J connectivity index is 2.49. The monoisotopic (exact) mass is 299 g/mol. The normalized spacial score (nSPS) is 12.4. The molecule has 0 aliphatic rings. The maximum absolute atomic E-state index is 10.8. The molecule has 1 atom stereocenters. The van der Waals surface area contributed by atoms with Gasteiger partial charge in [-0.2, -0.15) is 0 Å². The number of hydrogen-bond acceptors (Lipinski definition) is 2. The van der Waals surface area contributed by atoms with Gasteiger partial charge in [-0.25, -0.2) is 0 Å². The Morgan fingerprint density at radius 1 is 1.35 bits per heavy atom. The molecule has 0 heterocycles. The fraction of sp³-hybridized carbons (Fsp3) is 0.538. The Bertz CT molecular complexity index is 368. The minimum Gasteiger partial charge on any atom is -0.258 e. The van der Waals surface area contributed by atoms with Crippen LogP contribution in [-0.2, 0) is 6.42 Å². The average Bonchev–Trinajstić information content (AvgIpc) is 2.30. The van der Waals surface area contributed by atoms with E-state index in [1.54, 1.807) is 12.1 Å². The summed E-state index contributed by atoms with van der Waals surface area (Å²) in [5, 5.41) is 10.8. The molecule has 0 radical (unpaired) electrons. The summed E-state index contributed by atoms with van der Waals surface area (Å²) in [6.07, 6.45) is 5.17. The third-order valence-corrected chi connectivity index (χ3v) is 3.67. The van der Waals surface area contributed by atoms with Crippen molar-refractivity contribution in [3.63, 3.8) is 0 Å². The lowest BCUT2D eigenvalue weighted by molar-refractivity contribution is -0.385. The van der Waals surface area contributed by atoms with Crippen LogP contribution in [0.15, 0.2) is 24.3 Å². The zero-order valence-corrected chi connectivity index (χ0v) is 11.6. The number of rotatable bonds is 7. The molecule has 1 unspecified atom stereocenters. The molecule has 0 saturated heterocycles. The molecular weight excluding hydrogens is 282 g/mol. The van der Waals surface area contributed by atoms with Crippen LogP contribution in [0.1, 0.15) is 38.2 Å². The Morgan fingerprint density at radius 2 is 2.06 bits per heavy atom. The highest BCUT2D eigenvalue weighted by atomic mass is 79.9. The van der Waals surface area contributed by atoms with Gasteiger partial charge in [-0.15, -0.1) is 0 Å². The summed E-state index contributed by atoms with van der Waals surface area (Å²) >= 11 is 3.63. The predicted octanol–water partition coefficient (Wildman–Crippen LogP) is 4.48. The Labute approximate surface area is 111 Å². The standard InChI is InChI=1S/C13H18BrNO2/c1-2-6-12(14)9-5-8-11-7-3-4-10-13(11)15(16)17/h3-4,7,10,12H,2,5-6,8-9H2,1H3. The van der Waals surface area contributed by atoms with Gasteiger partial charge in [-0.05, 0) is 25.7 Å². The van der Waals surface area contributed by atoms with E-state index in [4.69, 9.17) is 0 Å². The summed E-state index contributed by atoms with van der Waals surface area (Å²) in [5.41, 5.74) is 1.09. The summed E-state index contributed by atoms with van der Waals surface area (Å²) in [6, 6.07) is 7.00. The molecule has 94 valence electrons. The van der Waals surface area contributed by atoms with E-state index >= 15 is 0 Å². The van der Waals surface area contributed by atoms with E-state index in [1.807, 2.05) is 12.1 Å². The fourth-order valence-corrected chi connectivity index (χ4v) is 2.65. The van der Waals surface area contributed by atoms with Crippen molar-refractivity contribution in [1.29, 1.82) is 0 Å². The van der Waals surface area contributed by atoms with Gasteiger partial charge in [-0.1, -0.05) is 47.5 Å². The third-order valence-electron chi connectivity index (χ3n) is 2.75. The van der Waals surface area contributed by atoms with Gasteiger partial charge in [0.1, 0.15) is 0 Å². The van der Waals surface area contributed by atoms with Crippen LogP contribution in [-0.4, -0.2) is 9.75 Å². The highest BCUT2D eigenvalue weighted by Gasteiger charge is 2.12. The lowest BCUT2D eigenvalue weighted by Crippen LogP contribution is -2.00. The summed E-state index contributed by atoms with van der Waals surface area (Å²) in [4.78, 5) is 11.1. The minimum absolute atomic E-state index is 0.245. The van der Waals surface area contributed by atoms with Gasteiger partial charge in [0.2, 0.25) is 0 Å². The van der Waals surface area contributed by atoms with Crippen molar-refractivity contribution in [2.45, 2.75) is 43.9 Å². The summed E-state index contributed by atoms with van der Waals surface area (Å²) in [7, 11) is 0. The number of hydrogen-bond donors (Lipinski definition) is 0. The number of nitro groups is 1. The first-order chi connectivity index (χ1) is 8.15. The van der Waals surface area contributed by atoms with E-state index < -0.39 is 0 Å². The smallest absolute Gasteiger partial charge is 0.258 e. The number of halogens is 1. The number of nitrogens with zero attached hydrogens (tertiary/aromatic N) is 1. The zero-order valence-electron chi connectivity index (χ0n) is 10.1. The van der Waals surface area contributed by atoms with E-state index in [-0.39, 0.29) is 10.6 Å². The summed E-state index contributed by atoms with van der Waals surface area (Å²) < 4.78 is 0. The highest BCUT2D eigenvalue weighted by molar-refractivity contribution is 9.09. The molecule has 1 aromatic carbocycles. The van der Waals surface area contributed by atoms with E-state index in [0.717, 1.165) is 31.2 Å². The van der Waals surface area contributed by atoms with Crippen LogP contribution in [0.25, 0.3) is 0 Å². The highest BCUT2D eigenvalue weighted by Crippen LogP contribution is 2.22. The number of para-hydroxylation sites is 1. The molecule has 0 amide bonds. The summed E-state index contributed by atoms with van der Waals surface area (Å²) in [6.45, 7) is 2.16. The second-order valence-corrected chi connectivity index (χ2v) is 5.46. The van der Waals surface area contributed by atoms with E-state index in [9.17, 15) is 10.1 Å². The number of nitro benzene ring substituents is 1. The van der Waals surface area contributed by atoms with Crippen LogP contribution in [0.3, 0.4) is 0 Å². The van der Waals surface area contributed by atoms with Crippen molar-refractivity contribution >= 4 is 21.6 Å². The van der Waals surface area contributed by atoms with Crippen LogP contribution in [0.5, 0.6) is 0 Å². The van der Waals surface area contributed by atoms with E-state index in [0.29, 0.717) is 4.83 Å². The fourth-order valence-electron chi connectivity index (χ4n) is 1.87. The molecular formula is C13H18BrNO2. The molecule has 0 aliphatic carbocycles. The average molecular weight is 300 g/mol. The first-order valence-corrected chi connectivity index (χ1v) is 6.93. The number of benzene rings is 1. The molecule has 0 N–H and O–H groups in total. The van der Waals surface area contributed by atoms with Gasteiger partial charge in [0.05, 0.1) is 4.92 Å². The topological polar surface area (TPSA) is 43.1 Å². The van der Waals surface area contributed by atoms with Crippen molar-refractivity contribution in [2.24, 2.45) is 0 Å². The molecule has 0 spiro atoms. The Kier molecular flexibility index (Phi) is 6.19. The molecule has 17 heavy (non-hydrogen) atoms. The predicted molar refractivity (Wildman–Crippen MR) is 73.7 cm³/mol. The molecule has 0 aliphatic heterocycles. The second kappa shape index (κ2) is 7.43. The maximum Gasteiger partial charge on any atom is 0.272 e. The molecule has 4 heteroatoms. The van der Waals surface area contributed by atoms with Crippen LogP contribution in [0, 0.1) is 10.1 Å². The summed E-state index contributed by atoms with van der Waals surface area (Å²) in [5.74, 6) is 0. The van der Waals surface area contributed by atoms with Crippen molar-refractivity contribution in [3.05, 3.63) is 39.9 Å². The van der Waals surface area contributed by atoms with Crippen LogP contribution < -0.4 is 0 Å². The lowest BCUT2D eigenvalue weighted by Gasteiger charge is -2.07. The van der Waals surface area contributed by atoms with Crippen molar-refractivity contribution in [2.75, 3.05) is 0 Å². The van der Waals surface area contributed by atoms with Gasteiger partial charge in [0.15, 0.2) is 0 Å². The molecule has 1 aromatic rings. The van der Waals surface area contributed by atoms with Crippen LogP contribution in [0.2, 0.25) is 0 Å². The largest absolute Gasteiger partial charge is 0.272 e. The second-order valence-electron chi connectivity index (χ2n) is 4.16. The SMILES string of the molecule is CCCC(Br)CCCc1ccccc1[N+](=O)[O-]. The number of alkyl halides is 1. The third kappa shape index (κ3) is 4.86. The van der Waals surface area contributed by atoms with Crippen molar-refractivity contribution < 1.29 is 4.92 Å². The Morgan fingerprint density at radius 3 is 2.71 bits per heavy atom. The van der Waals surface area contributed by atoms with E-state index in [1.165, 1.54) is 6.42 Å². The van der Waals surface area contributed by atoms with Gasteiger partial charge in [-0.3, -0.25) is 10.1 Å². The van der Waals surface area contributed by atoms with Crippen LogP contribution in [0.4, 0.5) is 5.69 Å². The minimum atomic E-state index is -0.299. The van der Waals surface area contributed by atoms with Gasteiger partial charge in [0.25, 0.3) is 5.69 Å². The van der Waals surface area contributed by atoms with Crippen molar-refractivity contribution in [3.8, 4) is 0 Å². The molecule has 0 saturated carbocycles. The van der Waals surface area contributed by atoms with Gasteiger partial charge in [0, 0.05) is 16.5 Å². The quantitative estimate of drug-likeness (QED) is 0.423. The van der Waals surface area contributed by atoms with Gasteiger partial charge >= 0.3 is 0 Å². The first kappa shape index (κ1) is 14.2. The number of aryl methyl sites for hydroxylation is 1. The maximum atomic E-state index is 10.8. The van der Waals surface area contributed by atoms with Crippen LogP contribution >= 0.6 is 15.9 Å². The van der Waals surface area contributed by atoms with Gasteiger partial charge < -0.3 is 0 Å². The molecule has 0 bridgehead atoms. The van der Waals surface area contributed by atoms with Crippen molar-refractivity contribution in [1.82, 2.24) is 0 Å². The van der Waals surface area contributed by atoms with E-state index in [2.05, 4.69) is 22.9 Å². The zero-order chi connectivity index (χ0) is 12.7.